The molecule has 1 amide bonds. The van der Waals surface area contributed by atoms with Gasteiger partial charge in [-0.2, -0.15) is 0 Å². The van der Waals surface area contributed by atoms with Gasteiger partial charge in [0.1, 0.15) is 6.17 Å². The minimum absolute atomic E-state index is 0.00861. The molecule has 1 saturated heterocycles. The number of hydrogen-bond donors (Lipinski definition) is 1. The van der Waals surface area contributed by atoms with Crippen LogP contribution >= 0.6 is 0 Å². The third kappa shape index (κ3) is 2.73. The number of hydrogen-bond acceptors (Lipinski definition) is 2. The summed E-state index contributed by atoms with van der Waals surface area (Å²) >= 11 is 0. The van der Waals surface area contributed by atoms with E-state index in [1.54, 1.807) is 0 Å². The molecule has 20 heavy (non-hydrogen) atoms. The van der Waals surface area contributed by atoms with E-state index in [9.17, 15) is 4.79 Å². The Morgan fingerprint density at radius 2 is 1.80 bits per heavy atom. The van der Waals surface area contributed by atoms with E-state index < -0.39 is 0 Å². The molecule has 3 heteroatoms. The van der Waals surface area contributed by atoms with E-state index in [1.807, 2.05) is 25.1 Å². The normalized spacial score (nSPS) is 24.4. The van der Waals surface area contributed by atoms with E-state index in [1.165, 1.54) is 5.56 Å². The predicted molar refractivity (Wildman–Crippen MR) is 82.2 cm³/mol. The van der Waals surface area contributed by atoms with Crippen molar-refractivity contribution in [1.82, 2.24) is 10.2 Å². The summed E-state index contributed by atoms with van der Waals surface area (Å²) in [4.78, 5) is 14.6. The van der Waals surface area contributed by atoms with Crippen molar-refractivity contribution in [2.45, 2.75) is 58.8 Å². The lowest BCUT2D eigenvalue weighted by Crippen LogP contribution is -2.42. The Bertz CT molecular complexity index is 442. The van der Waals surface area contributed by atoms with Gasteiger partial charge < -0.3 is 4.90 Å². The molecule has 1 heterocycles. The Hall–Kier alpha value is -1.35. The molecule has 3 unspecified atom stereocenters. The monoisotopic (exact) mass is 274 g/mol. The summed E-state index contributed by atoms with van der Waals surface area (Å²) in [5.41, 5.74) is 1.17. The second-order valence-electron chi connectivity index (χ2n) is 5.76. The fourth-order valence-electron chi connectivity index (χ4n) is 3.27. The lowest BCUT2D eigenvalue weighted by atomic mass is 9.93. The quantitative estimate of drug-likeness (QED) is 0.893. The van der Waals surface area contributed by atoms with E-state index in [0.29, 0.717) is 5.92 Å². The van der Waals surface area contributed by atoms with Gasteiger partial charge in [-0.3, -0.25) is 10.1 Å². The minimum atomic E-state index is -0.1000. The van der Waals surface area contributed by atoms with Crippen LogP contribution in [0.4, 0.5) is 0 Å². The van der Waals surface area contributed by atoms with Crippen molar-refractivity contribution in [3.05, 3.63) is 35.9 Å². The zero-order chi connectivity index (χ0) is 14.7. The van der Waals surface area contributed by atoms with E-state index in [4.69, 9.17) is 0 Å². The molecule has 1 N–H and O–H groups in total. The number of carbonyl (C=O) groups is 1. The molecule has 0 spiro atoms. The average molecular weight is 274 g/mol. The van der Waals surface area contributed by atoms with Gasteiger partial charge in [-0.15, -0.1) is 0 Å². The van der Waals surface area contributed by atoms with Gasteiger partial charge in [0.25, 0.3) is 0 Å². The van der Waals surface area contributed by atoms with Crippen LogP contribution in [0.2, 0.25) is 0 Å². The third-order valence-corrected chi connectivity index (χ3v) is 4.60. The van der Waals surface area contributed by atoms with E-state index >= 15 is 0 Å². The molecule has 110 valence electrons. The highest BCUT2D eigenvalue weighted by molar-refractivity contribution is 5.84. The summed E-state index contributed by atoms with van der Waals surface area (Å²) in [6, 6.07) is 10.4. The van der Waals surface area contributed by atoms with E-state index in [0.717, 1.165) is 12.8 Å². The summed E-state index contributed by atoms with van der Waals surface area (Å²) in [5, 5.41) is 3.43. The first kappa shape index (κ1) is 15.0. The molecule has 0 radical (unpaired) electrons. The van der Waals surface area contributed by atoms with Crippen LogP contribution in [-0.4, -0.2) is 22.9 Å². The maximum Gasteiger partial charge on any atom is 0.241 e. The Kier molecular flexibility index (Phi) is 4.81. The van der Waals surface area contributed by atoms with E-state index in [2.05, 4.69) is 43.1 Å². The van der Waals surface area contributed by atoms with Crippen LogP contribution in [0.15, 0.2) is 30.3 Å². The van der Waals surface area contributed by atoms with Crippen LogP contribution in [-0.2, 0) is 4.79 Å². The summed E-state index contributed by atoms with van der Waals surface area (Å²) in [6.07, 6.45) is 2.23. The SMILES string of the molecule is CCC(CC)C(C)N1C(=O)C(C)NC1c1ccccc1. The molecule has 0 bridgehead atoms. The van der Waals surface area contributed by atoms with Crippen molar-refractivity contribution in [3.8, 4) is 0 Å². The van der Waals surface area contributed by atoms with Gasteiger partial charge in [0.05, 0.1) is 6.04 Å². The van der Waals surface area contributed by atoms with Crippen molar-refractivity contribution >= 4 is 5.91 Å². The number of nitrogens with one attached hydrogen (secondary N) is 1. The number of rotatable bonds is 5. The number of amides is 1. The van der Waals surface area contributed by atoms with Gasteiger partial charge >= 0.3 is 0 Å². The van der Waals surface area contributed by atoms with Crippen LogP contribution < -0.4 is 5.32 Å². The molecule has 1 aromatic rings. The average Bonchev–Trinajstić information content (AvgIpc) is 2.77. The molecule has 1 aliphatic heterocycles. The minimum Gasteiger partial charge on any atom is -0.319 e. The molecular formula is C17H26N2O. The zero-order valence-corrected chi connectivity index (χ0v) is 13.0. The first-order valence-electron chi connectivity index (χ1n) is 7.73. The Morgan fingerprint density at radius 1 is 1.20 bits per heavy atom. The summed E-state index contributed by atoms with van der Waals surface area (Å²) in [5.74, 6) is 0.774. The van der Waals surface area contributed by atoms with Gasteiger partial charge in [0, 0.05) is 6.04 Å². The van der Waals surface area contributed by atoms with Crippen molar-refractivity contribution in [2.75, 3.05) is 0 Å². The number of benzene rings is 1. The van der Waals surface area contributed by atoms with Crippen LogP contribution in [0.1, 0.15) is 52.3 Å². The smallest absolute Gasteiger partial charge is 0.241 e. The number of nitrogens with zero attached hydrogens (tertiary/aromatic N) is 1. The second kappa shape index (κ2) is 6.40. The van der Waals surface area contributed by atoms with Crippen LogP contribution in [0.3, 0.4) is 0 Å². The van der Waals surface area contributed by atoms with Crippen LogP contribution in [0, 0.1) is 5.92 Å². The van der Waals surface area contributed by atoms with Crippen molar-refractivity contribution in [1.29, 1.82) is 0 Å². The fraction of sp³-hybridized carbons (Fsp3) is 0.588. The maximum absolute atomic E-state index is 12.5. The molecule has 0 saturated carbocycles. The molecule has 0 aliphatic carbocycles. The zero-order valence-electron chi connectivity index (χ0n) is 13.0. The summed E-state index contributed by atoms with van der Waals surface area (Å²) in [7, 11) is 0. The highest BCUT2D eigenvalue weighted by atomic mass is 16.2. The van der Waals surface area contributed by atoms with E-state index in [-0.39, 0.29) is 24.2 Å². The Labute approximate surface area is 122 Å². The third-order valence-electron chi connectivity index (χ3n) is 4.60. The fourth-order valence-corrected chi connectivity index (χ4v) is 3.27. The summed E-state index contributed by atoms with van der Waals surface area (Å²) in [6.45, 7) is 8.56. The van der Waals surface area contributed by atoms with Gasteiger partial charge in [-0.1, -0.05) is 57.0 Å². The maximum atomic E-state index is 12.5. The van der Waals surface area contributed by atoms with Crippen molar-refractivity contribution in [3.63, 3.8) is 0 Å². The molecule has 1 aromatic carbocycles. The molecule has 2 rings (SSSR count). The largest absolute Gasteiger partial charge is 0.319 e. The number of carbonyl (C=O) groups excluding carboxylic acids is 1. The Balaban J connectivity index is 2.29. The molecule has 3 nitrogen and oxygen atoms in total. The van der Waals surface area contributed by atoms with Crippen LogP contribution in [0.25, 0.3) is 0 Å². The topological polar surface area (TPSA) is 32.3 Å². The predicted octanol–water partition coefficient (Wildman–Crippen LogP) is 3.33. The molecule has 3 atom stereocenters. The van der Waals surface area contributed by atoms with Gasteiger partial charge in [-0.25, -0.2) is 0 Å². The lowest BCUT2D eigenvalue weighted by Gasteiger charge is -2.35. The highest BCUT2D eigenvalue weighted by Crippen LogP contribution is 2.31. The van der Waals surface area contributed by atoms with Gasteiger partial charge in [0.2, 0.25) is 5.91 Å². The molecule has 1 aliphatic rings. The first-order chi connectivity index (χ1) is 9.60. The lowest BCUT2D eigenvalue weighted by molar-refractivity contribution is -0.133. The van der Waals surface area contributed by atoms with Gasteiger partial charge in [0.15, 0.2) is 0 Å². The van der Waals surface area contributed by atoms with Crippen molar-refractivity contribution in [2.24, 2.45) is 5.92 Å². The van der Waals surface area contributed by atoms with Crippen molar-refractivity contribution < 1.29 is 4.79 Å². The molecular weight excluding hydrogens is 248 g/mol. The first-order valence-corrected chi connectivity index (χ1v) is 7.73. The Morgan fingerprint density at radius 3 is 2.35 bits per heavy atom. The molecule has 1 fully saturated rings. The standard InChI is InChI=1S/C17H26N2O/c1-5-14(6-2)13(4)19-16(18-12(3)17(19)20)15-10-8-7-9-11-15/h7-14,16,18H,5-6H2,1-4H3. The molecule has 0 aromatic heterocycles. The summed E-state index contributed by atoms with van der Waals surface area (Å²) < 4.78 is 0. The van der Waals surface area contributed by atoms with Gasteiger partial charge in [-0.05, 0) is 25.3 Å². The highest BCUT2D eigenvalue weighted by Gasteiger charge is 2.41. The van der Waals surface area contributed by atoms with Crippen LogP contribution in [0.5, 0.6) is 0 Å². The second-order valence-corrected chi connectivity index (χ2v) is 5.76.